The van der Waals surface area contributed by atoms with Crippen LogP contribution in [0, 0.1) is 6.92 Å². The Kier molecular flexibility index (Phi) is 6.61. The zero-order chi connectivity index (χ0) is 21.7. The summed E-state index contributed by atoms with van der Waals surface area (Å²) in [4.78, 5) is 26.6. The number of para-hydroxylation sites is 1. The summed E-state index contributed by atoms with van der Waals surface area (Å²) in [6.45, 7) is 6.48. The van der Waals surface area contributed by atoms with Gasteiger partial charge in [-0.15, -0.1) is 0 Å². The lowest BCUT2D eigenvalue weighted by Crippen LogP contribution is -2.35. The molecule has 0 unspecified atom stereocenters. The van der Waals surface area contributed by atoms with Gasteiger partial charge < -0.3 is 24.1 Å². The Morgan fingerprint density at radius 2 is 1.73 bits per heavy atom. The van der Waals surface area contributed by atoms with Crippen molar-refractivity contribution in [2.75, 3.05) is 32.1 Å². The van der Waals surface area contributed by atoms with Crippen molar-refractivity contribution in [2.24, 2.45) is 0 Å². The summed E-state index contributed by atoms with van der Waals surface area (Å²) in [6.07, 6.45) is 0. The number of benzene rings is 2. The molecule has 7 nitrogen and oxygen atoms in total. The zero-order valence-electron chi connectivity index (χ0n) is 17.7. The minimum Gasteiger partial charge on any atom is -0.490 e. The predicted molar refractivity (Wildman–Crippen MR) is 115 cm³/mol. The number of rotatable bonds is 8. The molecule has 2 aromatic carbocycles. The largest absolute Gasteiger partial charge is 0.490 e. The fourth-order valence-electron chi connectivity index (χ4n) is 3.17. The number of carbonyl (C=O) groups is 2. The summed E-state index contributed by atoms with van der Waals surface area (Å²) < 4.78 is 16.8. The van der Waals surface area contributed by atoms with Crippen LogP contribution in [0.1, 0.15) is 30.0 Å². The lowest BCUT2D eigenvalue weighted by atomic mass is 10.1. The minimum atomic E-state index is -0.347. The molecule has 0 atom stereocenters. The maximum absolute atomic E-state index is 12.8. The average Bonchev–Trinajstić information content (AvgIpc) is 3.06. The van der Waals surface area contributed by atoms with E-state index in [2.05, 4.69) is 5.32 Å². The van der Waals surface area contributed by atoms with Gasteiger partial charge in [-0.25, -0.2) is 0 Å². The monoisotopic (exact) mass is 410 g/mol. The Labute approximate surface area is 175 Å². The van der Waals surface area contributed by atoms with Gasteiger partial charge in [-0.2, -0.15) is 0 Å². The van der Waals surface area contributed by atoms with Crippen molar-refractivity contribution in [1.82, 2.24) is 4.90 Å². The van der Waals surface area contributed by atoms with Gasteiger partial charge in [-0.3, -0.25) is 9.59 Å². The van der Waals surface area contributed by atoms with Crippen LogP contribution in [0.5, 0.6) is 11.5 Å². The molecule has 0 spiro atoms. The minimum absolute atomic E-state index is 0.119. The van der Waals surface area contributed by atoms with Crippen molar-refractivity contribution in [2.45, 2.75) is 20.8 Å². The molecule has 1 heterocycles. The van der Waals surface area contributed by atoms with Crippen molar-refractivity contribution in [1.29, 1.82) is 0 Å². The third-order valence-electron chi connectivity index (χ3n) is 4.59. The number of ether oxygens (including phenoxy) is 2. The maximum atomic E-state index is 12.8. The number of carbonyl (C=O) groups excluding carboxylic acids is 2. The van der Waals surface area contributed by atoms with E-state index in [1.165, 1.54) is 4.90 Å². The number of fused-ring (bicyclic) bond motifs is 1. The van der Waals surface area contributed by atoms with E-state index in [4.69, 9.17) is 13.9 Å². The average molecular weight is 410 g/mol. The van der Waals surface area contributed by atoms with Gasteiger partial charge in [-0.05, 0) is 39.0 Å². The van der Waals surface area contributed by atoms with Crippen LogP contribution in [0.25, 0.3) is 11.0 Å². The molecule has 7 heteroatoms. The summed E-state index contributed by atoms with van der Waals surface area (Å²) >= 11 is 0. The molecule has 0 saturated carbocycles. The molecule has 2 amide bonds. The molecule has 1 N–H and O–H groups in total. The Morgan fingerprint density at radius 3 is 2.43 bits per heavy atom. The van der Waals surface area contributed by atoms with Gasteiger partial charge in [0.1, 0.15) is 5.58 Å². The number of furan rings is 1. The third kappa shape index (κ3) is 4.56. The number of aryl methyl sites for hydroxylation is 1. The second kappa shape index (κ2) is 9.35. The van der Waals surface area contributed by atoms with Crippen LogP contribution in [0.3, 0.4) is 0 Å². The zero-order valence-corrected chi connectivity index (χ0v) is 17.7. The van der Waals surface area contributed by atoms with Crippen LogP contribution >= 0.6 is 0 Å². The van der Waals surface area contributed by atoms with Crippen LogP contribution in [-0.2, 0) is 4.79 Å². The maximum Gasteiger partial charge on any atom is 0.290 e. The van der Waals surface area contributed by atoms with Crippen LogP contribution in [0.4, 0.5) is 5.69 Å². The quantitative estimate of drug-likeness (QED) is 0.600. The number of hydrogen-bond acceptors (Lipinski definition) is 5. The van der Waals surface area contributed by atoms with Gasteiger partial charge in [0.15, 0.2) is 17.3 Å². The Morgan fingerprint density at radius 1 is 1.03 bits per heavy atom. The second-order valence-electron chi connectivity index (χ2n) is 6.79. The number of nitrogens with one attached hydrogen (secondary N) is 1. The fraction of sp³-hybridized carbons (Fsp3) is 0.304. The summed E-state index contributed by atoms with van der Waals surface area (Å²) in [5, 5.41) is 3.68. The first-order chi connectivity index (χ1) is 14.4. The van der Waals surface area contributed by atoms with Crippen LogP contribution in [-0.4, -0.2) is 43.5 Å². The highest BCUT2D eigenvalue weighted by Gasteiger charge is 2.22. The van der Waals surface area contributed by atoms with Gasteiger partial charge in [-0.1, -0.05) is 18.2 Å². The molecule has 0 saturated heterocycles. The molecule has 0 aliphatic heterocycles. The van der Waals surface area contributed by atoms with Gasteiger partial charge in [0.2, 0.25) is 5.91 Å². The van der Waals surface area contributed by atoms with E-state index in [1.54, 1.807) is 25.2 Å². The summed E-state index contributed by atoms with van der Waals surface area (Å²) in [5.41, 5.74) is 1.97. The normalized spacial score (nSPS) is 10.7. The van der Waals surface area contributed by atoms with Gasteiger partial charge in [0.25, 0.3) is 5.91 Å². The molecule has 1 aromatic heterocycles. The third-order valence-corrected chi connectivity index (χ3v) is 4.59. The highest BCUT2D eigenvalue weighted by Crippen LogP contribution is 2.30. The lowest BCUT2D eigenvalue weighted by Gasteiger charge is -2.17. The molecule has 3 aromatic rings. The molecule has 3 rings (SSSR count). The summed E-state index contributed by atoms with van der Waals surface area (Å²) in [6, 6.07) is 12.6. The Hall–Kier alpha value is -3.48. The van der Waals surface area contributed by atoms with Crippen LogP contribution in [0.15, 0.2) is 46.9 Å². The standard InChI is InChI=1S/C23H26N2O5/c1-5-28-19-12-11-16(13-20(19)29-6-2)24-21(26)14-25(4)23(27)22-15(3)17-9-7-8-10-18(17)30-22/h7-13H,5-6,14H2,1-4H3,(H,24,26). The van der Waals surface area contributed by atoms with E-state index in [0.29, 0.717) is 36.0 Å². The van der Waals surface area contributed by atoms with E-state index in [-0.39, 0.29) is 24.1 Å². The first-order valence-electron chi connectivity index (χ1n) is 9.87. The van der Waals surface area contributed by atoms with E-state index in [1.807, 2.05) is 45.0 Å². The van der Waals surface area contributed by atoms with E-state index in [9.17, 15) is 9.59 Å². The molecule has 158 valence electrons. The van der Waals surface area contributed by atoms with E-state index >= 15 is 0 Å². The molecule has 0 bridgehead atoms. The van der Waals surface area contributed by atoms with E-state index in [0.717, 1.165) is 10.9 Å². The molecule has 0 aliphatic carbocycles. The first kappa shape index (κ1) is 21.2. The topological polar surface area (TPSA) is 81.0 Å². The number of likely N-dealkylation sites (N-methyl/N-ethyl adjacent to an activating group) is 1. The van der Waals surface area contributed by atoms with Gasteiger partial charge in [0.05, 0.1) is 19.8 Å². The smallest absolute Gasteiger partial charge is 0.290 e. The molecular weight excluding hydrogens is 384 g/mol. The molecule has 0 fully saturated rings. The van der Waals surface area contributed by atoms with Crippen LogP contribution < -0.4 is 14.8 Å². The summed E-state index contributed by atoms with van der Waals surface area (Å²) in [5.74, 6) is 0.738. The number of anilines is 1. The van der Waals surface area contributed by atoms with E-state index < -0.39 is 0 Å². The number of amides is 2. The molecule has 30 heavy (non-hydrogen) atoms. The fourth-order valence-corrected chi connectivity index (χ4v) is 3.17. The van der Waals surface area contributed by atoms with Crippen molar-refractivity contribution in [3.05, 3.63) is 53.8 Å². The molecule has 0 radical (unpaired) electrons. The number of nitrogens with zero attached hydrogens (tertiary/aromatic N) is 1. The summed E-state index contributed by atoms with van der Waals surface area (Å²) in [7, 11) is 1.57. The lowest BCUT2D eigenvalue weighted by molar-refractivity contribution is -0.116. The van der Waals surface area contributed by atoms with Crippen LogP contribution in [0.2, 0.25) is 0 Å². The Balaban J connectivity index is 1.68. The Bertz CT molecular complexity index is 1060. The molecule has 0 aliphatic rings. The van der Waals surface area contributed by atoms with Crippen molar-refractivity contribution < 1.29 is 23.5 Å². The molecular formula is C23H26N2O5. The predicted octanol–water partition coefficient (Wildman–Crippen LogP) is 4.25. The second-order valence-corrected chi connectivity index (χ2v) is 6.79. The van der Waals surface area contributed by atoms with Crippen molar-refractivity contribution >= 4 is 28.5 Å². The number of hydrogen-bond donors (Lipinski definition) is 1. The SMILES string of the molecule is CCOc1ccc(NC(=O)CN(C)C(=O)c2oc3ccccc3c2C)cc1OCC. The van der Waals surface area contributed by atoms with Gasteiger partial charge >= 0.3 is 0 Å². The van der Waals surface area contributed by atoms with Crippen molar-refractivity contribution in [3.8, 4) is 11.5 Å². The van der Waals surface area contributed by atoms with Gasteiger partial charge in [0, 0.05) is 29.8 Å². The van der Waals surface area contributed by atoms with Crippen molar-refractivity contribution in [3.63, 3.8) is 0 Å². The highest BCUT2D eigenvalue weighted by atomic mass is 16.5. The first-order valence-corrected chi connectivity index (χ1v) is 9.87. The highest BCUT2D eigenvalue weighted by molar-refractivity contribution is 6.01.